The van der Waals surface area contributed by atoms with Gasteiger partial charge in [-0.2, -0.15) is 0 Å². The fourth-order valence-corrected chi connectivity index (χ4v) is 4.61. The predicted molar refractivity (Wildman–Crippen MR) is 127 cm³/mol. The van der Waals surface area contributed by atoms with Gasteiger partial charge in [0.1, 0.15) is 11.6 Å². The minimum Gasteiger partial charge on any atom is -0.493 e. The van der Waals surface area contributed by atoms with Gasteiger partial charge in [-0.05, 0) is 39.6 Å². The lowest BCUT2D eigenvalue weighted by atomic mass is 9.84. The smallest absolute Gasteiger partial charge is 0.354 e. The summed E-state index contributed by atoms with van der Waals surface area (Å²) in [5.74, 6) is -3.29. The number of ketones is 2. The molecule has 3 rings (SSSR count). The van der Waals surface area contributed by atoms with Crippen molar-refractivity contribution in [3.8, 4) is 11.5 Å². The molecule has 2 aromatic rings. The van der Waals surface area contributed by atoms with E-state index < -0.39 is 35.4 Å². The van der Waals surface area contributed by atoms with Gasteiger partial charge in [0.2, 0.25) is 5.78 Å². The molecule has 1 aromatic heterocycles. The molecule has 0 radical (unpaired) electrons. The highest BCUT2D eigenvalue weighted by molar-refractivity contribution is 6.44. The maximum Gasteiger partial charge on any atom is 0.354 e. The van der Waals surface area contributed by atoms with E-state index in [0.717, 1.165) is 0 Å². The highest BCUT2D eigenvalue weighted by atomic mass is 16.5. The molecular weight excluding hydrogens is 454 g/mol. The molecule has 0 saturated carbocycles. The van der Waals surface area contributed by atoms with Crippen molar-refractivity contribution in [2.24, 2.45) is 5.92 Å². The quantitative estimate of drug-likeness (QED) is 0.248. The number of H-pyrrole nitrogens is 1. The van der Waals surface area contributed by atoms with Crippen molar-refractivity contribution in [3.63, 3.8) is 0 Å². The van der Waals surface area contributed by atoms with Crippen LogP contribution in [0.5, 0.6) is 11.5 Å². The zero-order valence-electron chi connectivity index (χ0n) is 21.1. The molecule has 0 spiro atoms. The van der Waals surface area contributed by atoms with Crippen LogP contribution in [0.15, 0.2) is 18.2 Å². The third kappa shape index (κ3) is 4.53. The summed E-state index contributed by atoms with van der Waals surface area (Å²) in [7, 11) is 7.90. The Labute approximate surface area is 204 Å². The minimum absolute atomic E-state index is 0.130. The van der Waals surface area contributed by atoms with Gasteiger partial charge < -0.3 is 29.0 Å². The number of hydrogen-bond acceptors (Lipinski definition) is 8. The topological polar surface area (TPSA) is 118 Å². The number of aromatic amines is 1. The van der Waals surface area contributed by atoms with E-state index in [1.165, 1.54) is 26.2 Å². The lowest BCUT2D eigenvalue weighted by molar-refractivity contribution is -0.140. The Balaban J connectivity index is 2.20. The lowest BCUT2D eigenvalue weighted by Gasteiger charge is -2.29. The Hall–Kier alpha value is -3.66. The Morgan fingerprint density at radius 1 is 1.09 bits per heavy atom. The second-order valence-electron chi connectivity index (χ2n) is 8.65. The fourth-order valence-electron chi connectivity index (χ4n) is 4.61. The normalized spacial score (nSPS) is 17.8. The van der Waals surface area contributed by atoms with Crippen LogP contribution < -0.4 is 9.47 Å². The van der Waals surface area contributed by atoms with Crippen molar-refractivity contribution in [3.05, 3.63) is 46.3 Å². The van der Waals surface area contributed by atoms with Gasteiger partial charge in [0.05, 0.1) is 27.4 Å². The first-order chi connectivity index (χ1) is 16.6. The molecule has 0 aliphatic carbocycles. The summed E-state index contributed by atoms with van der Waals surface area (Å²) in [6.45, 7) is 3.95. The van der Waals surface area contributed by atoms with Crippen molar-refractivity contribution in [2.45, 2.75) is 19.9 Å². The average molecular weight is 486 g/mol. The maximum absolute atomic E-state index is 13.9. The first kappa shape index (κ1) is 26.0. The number of para-hydroxylation sites is 1. The molecular formula is C25H31N3O7. The number of carbonyl (C=O) groups excluding carboxylic acids is 4. The molecule has 35 heavy (non-hydrogen) atoms. The van der Waals surface area contributed by atoms with Crippen molar-refractivity contribution in [1.29, 1.82) is 0 Å². The van der Waals surface area contributed by atoms with Crippen LogP contribution in [0.4, 0.5) is 0 Å². The number of nitrogens with zero attached hydrogens (tertiary/aromatic N) is 2. The number of carbonyl (C=O) groups is 4. The van der Waals surface area contributed by atoms with Crippen LogP contribution in [-0.2, 0) is 14.3 Å². The molecule has 1 amide bonds. The number of hydrogen-bond donors (Lipinski definition) is 1. The van der Waals surface area contributed by atoms with E-state index in [0.29, 0.717) is 34.9 Å². The summed E-state index contributed by atoms with van der Waals surface area (Å²) in [6.07, 6.45) is 0. The number of likely N-dealkylation sites (N-methyl/N-ethyl adjacent to an activating group) is 1. The molecule has 0 bridgehead atoms. The van der Waals surface area contributed by atoms with E-state index in [1.54, 1.807) is 32.0 Å². The highest BCUT2D eigenvalue weighted by Gasteiger charge is 2.53. The van der Waals surface area contributed by atoms with Crippen molar-refractivity contribution >= 4 is 23.4 Å². The summed E-state index contributed by atoms with van der Waals surface area (Å²) in [4.78, 5) is 58.8. The van der Waals surface area contributed by atoms with Crippen LogP contribution in [0.1, 0.15) is 43.7 Å². The lowest BCUT2D eigenvalue weighted by Crippen LogP contribution is -2.36. The third-order valence-corrected chi connectivity index (χ3v) is 6.30. The van der Waals surface area contributed by atoms with Crippen molar-refractivity contribution < 1.29 is 33.4 Å². The van der Waals surface area contributed by atoms with Crippen LogP contribution in [-0.4, -0.2) is 86.7 Å². The molecule has 188 valence electrons. The van der Waals surface area contributed by atoms with Crippen LogP contribution in [0, 0.1) is 19.8 Å². The zero-order valence-corrected chi connectivity index (χ0v) is 21.1. The molecule has 2 heterocycles. The van der Waals surface area contributed by atoms with Crippen molar-refractivity contribution in [1.82, 2.24) is 14.8 Å². The number of aromatic nitrogens is 1. The van der Waals surface area contributed by atoms with Gasteiger partial charge in [-0.1, -0.05) is 12.1 Å². The highest BCUT2D eigenvalue weighted by Crippen LogP contribution is 2.45. The summed E-state index contributed by atoms with van der Waals surface area (Å²) in [6, 6.07) is 4.23. The molecule has 1 aliphatic rings. The van der Waals surface area contributed by atoms with Crippen LogP contribution >= 0.6 is 0 Å². The number of methoxy groups -OCH3 is 3. The summed E-state index contributed by atoms with van der Waals surface area (Å²) < 4.78 is 15.8. The zero-order chi connectivity index (χ0) is 26.0. The number of Topliss-reactive ketones (excluding diaryl/α,β-unsaturated/α-hetero) is 2. The van der Waals surface area contributed by atoms with Crippen molar-refractivity contribution in [2.75, 3.05) is 48.5 Å². The number of likely N-dealkylation sites (tertiary alicyclic amines) is 1. The summed E-state index contributed by atoms with van der Waals surface area (Å²) in [5.41, 5.74) is 1.59. The molecule has 1 aromatic carbocycles. The van der Waals surface area contributed by atoms with E-state index >= 15 is 0 Å². The minimum atomic E-state index is -1.33. The summed E-state index contributed by atoms with van der Waals surface area (Å²) >= 11 is 0. The standard InChI is InChI=1S/C25H31N3O7/c1-13-17(14(2)26-19(13)25(32)35-7)21(29)18-20(15-9-8-10-16(33-5)23(15)34-6)28(12-11-27(3)4)24(31)22(18)30/h8-10,18,20,26H,11-12H2,1-7H3. The molecule has 1 saturated heterocycles. The molecule has 1 N–H and O–H groups in total. The molecule has 10 heteroatoms. The number of aryl methyl sites for hydroxylation is 1. The van der Waals surface area contributed by atoms with Gasteiger partial charge in [0.15, 0.2) is 17.3 Å². The summed E-state index contributed by atoms with van der Waals surface area (Å²) in [5, 5.41) is 0. The van der Waals surface area contributed by atoms with E-state index in [2.05, 4.69) is 4.98 Å². The van der Waals surface area contributed by atoms with Gasteiger partial charge in [-0.15, -0.1) is 0 Å². The number of amides is 1. The number of ether oxygens (including phenoxy) is 3. The molecule has 1 aliphatic heterocycles. The second kappa shape index (κ2) is 10.3. The van der Waals surface area contributed by atoms with E-state index in [1.807, 2.05) is 19.0 Å². The molecule has 10 nitrogen and oxygen atoms in total. The average Bonchev–Trinajstić information content (AvgIpc) is 3.27. The Kier molecular flexibility index (Phi) is 7.64. The second-order valence-corrected chi connectivity index (χ2v) is 8.65. The van der Waals surface area contributed by atoms with E-state index in [9.17, 15) is 19.2 Å². The maximum atomic E-state index is 13.9. The predicted octanol–water partition coefficient (Wildman–Crippen LogP) is 1.95. The molecule has 2 atom stereocenters. The third-order valence-electron chi connectivity index (χ3n) is 6.30. The SMILES string of the molecule is COC(=O)c1[nH]c(C)c(C(=O)C2C(=O)C(=O)N(CCN(C)C)C2c2cccc(OC)c2OC)c1C. The van der Waals surface area contributed by atoms with Gasteiger partial charge in [0.25, 0.3) is 5.91 Å². The van der Waals surface area contributed by atoms with Gasteiger partial charge in [-0.3, -0.25) is 14.4 Å². The largest absolute Gasteiger partial charge is 0.493 e. The number of nitrogens with one attached hydrogen (secondary N) is 1. The Morgan fingerprint density at radius 2 is 1.77 bits per heavy atom. The molecule has 1 fully saturated rings. The number of benzene rings is 1. The Bertz CT molecular complexity index is 1170. The monoisotopic (exact) mass is 485 g/mol. The number of rotatable bonds is 9. The molecule has 2 unspecified atom stereocenters. The van der Waals surface area contributed by atoms with Crippen LogP contribution in [0.2, 0.25) is 0 Å². The first-order valence-electron chi connectivity index (χ1n) is 11.1. The van der Waals surface area contributed by atoms with E-state index in [4.69, 9.17) is 14.2 Å². The first-order valence-corrected chi connectivity index (χ1v) is 11.1. The fraction of sp³-hybridized carbons (Fsp3) is 0.440. The number of esters is 1. The van der Waals surface area contributed by atoms with Gasteiger partial charge in [-0.25, -0.2) is 4.79 Å². The van der Waals surface area contributed by atoms with Crippen LogP contribution in [0.25, 0.3) is 0 Å². The van der Waals surface area contributed by atoms with Gasteiger partial charge >= 0.3 is 5.97 Å². The van der Waals surface area contributed by atoms with Crippen LogP contribution in [0.3, 0.4) is 0 Å². The van der Waals surface area contributed by atoms with E-state index in [-0.39, 0.29) is 17.8 Å². The Morgan fingerprint density at radius 3 is 2.34 bits per heavy atom. The van der Waals surface area contributed by atoms with Gasteiger partial charge in [0, 0.05) is 29.9 Å².